The summed E-state index contributed by atoms with van der Waals surface area (Å²) in [6, 6.07) is 12.6. The van der Waals surface area contributed by atoms with Crippen LogP contribution in [0.5, 0.6) is 0 Å². The molecule has 0 unspecified atom stereocenters. The molecule has 20 heavy (non-hydrogen) atoms. The molecule has 0 saturated heterocycles. The number of benzene rings is 1. The van der Waals surface area contributed by atoms with Gasteiger partial charge in [-0.15, -0.1) is 0 Å². The number of aromatic nitrogens is 2. The van der Waals surface area contributed by atoms with Crippen molar-refractivity contribution in [2.45, 2.75) is 13.3 Å². The summed E-state index contributed by atoms with van der Waals surface area (Å²) in [5.41, 5.74) is 4.45. The molecule has 0 amide bonds. The largest absolute Gasteiger partial charge is 0.378 e. The average Bonchev–Trinajstić information content (AvgIpc) is 2.90. The van der Waals surface area contributed by atoms with Crippen molar-refractivity contribution in [2.75, 3.05) is 19.0 Å². The Morgan fingerprint density at radius 1 is 1.00 bits per heavy atom. The molecule has 102 valence electrons. The van der Waals surface area contributed by atoms with E-state index >= 15 is 0 Å². The fourth-order valence-electron chi connectivity index (χ4n) is 2.08. The molecule has 0 atom stereocenters. The van der Waals surface area contributed by atoms with Crippen LogP contribution in [-0.4, -0.2) is 24.1 Å². The van der Waals surface area contributed by atoms with Crippen LogP contribution in [0.2, 0.25) is 0 Å². The number of rotatable bonds is 3. The molecule has 1 aromatic carbocycles. The Morgan fingerprint density at radius 2 is 1.75 bits per heavy atom. The minimum atomic E-state index is 0.959. The molecule has 2 aromatic heterocycles. The van der Waals surface area contributed by atoms with Crippen LogP contribution in [0.1, 0.15) is 12.6 Å². The molecule has 0 N–H and O–H groups in total. The topological polar surface area (TPSA) is 29.0 Å². The first-order valence-corrected chi connectivity index (χ1v) is 7.53. The Morgan fingerprint density at radius 3 is 2.40 bits per heavy atom. The minimum Gasteiger partial charge on any atom is -0.378 e. The summed E-state index contributed by atoms with van der Waals surface area (Å²) in [6.07, 6.45) is 0.959. The third-order valence-electron chi connectivity index (χ3n) is 3.31. The molecule has 0 fully saturated rings. The molecule has 0 aliphatic carbocycles. The lowest BCUT2D eigenvalue weighted by atomic mass is 10.2. The molecular weight excluding hydrogens is 266 g/mol. The van der Waals surface area contributed by atoms with Gasteiger partial charge in [0.15, 0.2) is 0 Å². The molecule has 0 radical (unpaired) electrons. The van der Waals surface area contributed by atoms with Crippen molar-refractivity contribution in [1.29, 1.82) is 0 Å². The van der Waals surface area contributed by atoms with Gasteiger partial charge in [-0.25, -0.2) is 9.97 Å². The minimum absolute atomic E-state index is 0.959. The number of aryl methyl sites for hydroxylation is 1. The number of hydrogen-bond donors (Lipinski definition) is 0. The lowest BCUT2D eigenvalue weighted by Crippen LogP contribution is -2.07. The third kappa shape index (κ3) is 2.39. The summed E-state index contributed by atoms with van der Waals surface area (Å²) in [5.74, 6) is 0. The maximum absolute atomic E-state index is 4.68. The fraction of sp³-hybridized carbons (Fsp3) is 0.250. The van der Waals surface area contributed by atoms with Crippen LogP contribution >= 0.6 is 11.3 Å². The van der Waals surface area contributed by atoms with Gasteiger partial charge in [-0.3, -0.25) is 0 Å². The van der Waals surface area contributed by atoms with Crippen LogP contribution in [-0.2, 0) is 6.42 Å². The zero-order valence-electron chi connectivity index (χ0n) is 11.9. The van der Waals surface area contributed by atoms with Gasteiger partial charge in [-0.05, 0) is 42.8 Å². The monoisotopic (exact) mass is 283 g/mol. The Balaban J connectivity index is 2.01. The summed E-state index contributed by atoms with van der Waals surface area (Å²) in [7, 11) is 4.09. The second-order valence-electron chi connectivity index (χ2n) is 4.94. The second kappa shape index (κ2) is 5.21. The normalized spacial score (nSPS) is 10.9. The van der Waals surface area contributed by atoms with Crippen molar-refractivity contribution in [1.82, 2.24) is 9.97 Å². The Hall–Kier alpha value is -1.94. The highest BCUT2D eigenvalue weighted by Gasteiger charge is 2.08. The first kappa shape index (κ1) is 13.1. The molecule has 0 aliphatic rings. The van der Waals surface area contributed by atoms with E-state index in [0.29, 0.717) is 0 Å². The van der Waals surface area contributed by atoms with Crippen molar-refractivity contribution in [3.63, 3.8) is 0 Å². The van der Waals surface area contributed by atoms with E-state index in [2.05, 4.69) is 58.2 Å². The second-order valence-corrected chi connectivity index (χ2v) is 5.92. The van der Waals surface area contributed by atoms with E-state index in [-0.39, 0.29) is 0 Å². The SMILES string of the molecule is CCc1ccc2nc(-c3ccc(N(C)C)cc3)sc2n1. The predicted octanol–water partition coefficient (Wildman–Crippen LogP) is 3.99. The van der Waals surface area contributed by atoms with Crippen molar-refractivity contribution in [3.8, 4) is 10.6 Å². The summed E-state index contributed by atoms with van der Waals surface area (Å²) in [5, 5.41) is 1.03. The molecule has 0 saturated carbocycles. The lowest BCUT2D eigenvalue weighted by molar-refractivity contribution is 1.06. The molecule has 2 heterocycles. The first-order valence-electron chi connectivity index (χ1n) is 6.71. The van der Waals surface area contributed by atoms with E-state index < -0.39 is 0 Å². The van der Waals surface area contributed by atoms with Crippen molar-refractivity contribution >= 4 is 27.4 Å². The zero-order valence-corrected chi connectivity index (χ0v) is 12.7. The maximum atomic E-state index is 4.68. The predicted molar refractivity (Wildman–Crippen MR) is 86.6 cm³/mol. The Bertz CT molecular complexity index is 729. The standard InChI is InChI=1S/C16H17N3S/c1-4-12-7-10-14-16(17-12)20-15(18-14)11-5-8-13(9-6-11)19(2)3/h5-10H,4H2,1-3H3. The van der Waals surface area contributed by atoms with Crippen LogP contribution in [0.4, 0.5) is 5.69 Å². The van der Waals surface area contributed by atoms with E-state index in [1.165, 1.54) is 5.69 Å². The summed E-state index contributed by atoms with van der Waals surface area (Å²) in [6.45, 7) is 2.12. The van der Waals surface area contributed by atoms with Crippen LogP contribution in [0.3, 0.4) is 0 Å². The first-order chi connectivity index (χ1) is 9.67. The Kier molecular flexibility index (Phi) is 3.40. The molecular formula is C16H17N3S. The summed E-state index contributed by atoms with van der Waals surface area (Å²) < 4.78 is 0. The number of nitrogens with zero attached hydrogens (tertiary/aromatic N) is 3. The van der Waals surface area contributed by atoms with Crippen LogP contribution in [0.15, 0.2) is 36.4 Å². The third-order valence-corrected chi connectivity index (χ3v) is 4.32. The van der Waals surface area contributed by atoms with Crippen molar-refractivity contribution in [3.05, 3.63) is 42.1 Å². The molecule has 4 heteroatoms. The van der Waals surface area contributed by atoms with E-state index in [0.717, 1.165) is 33.0 Å². The van der Waals surface area contributed by atoms with Gasteiger partial charge < -0.3 is 4.90 Å². The lowest BCUT2D eigenvalue weighted by Gasteiger charge is -2.11. The van der Waals surface area contributed by atoms with Gasteiger partial charge >= 0.3 is 0 Å². The van der Waals surface area contributed by atoms with Gasteiger partial charge in [0.2, 0.25) is 0 Å². The zero-order chi connectivity index (χ0) is 14.1. The number of fused-ring (bicyclic) bond motifs is 1. The van der Waals surface area contributed by atoms with Crippen LogP contribution < -0.4 is 4.90 Å². The van der Waals surface area contributed by atoms with E-state index in [1.807, 2.05) is 14.1 Å². The van der Waals surface area contributed by atoms with Gasteiger partial charge in [0, 0.05) is 31.0 Å². The van der Waals surface area contributed by atoms with Crippen LogP contribution in [0.25, 0.3) is 20.9 Å². The molecule has 3 nitrogen and oxygen atoms in total. The van der Waals surface area contributed by atoms with Gasteiger partial charge in [-0.1, -0.05) is 18.3 Å². The average molecular weight is 283 g/mol. The summed E-state index contributed by atoms with van der Waals surface area (Å²) in [4.78, 5) is 12.4. The van der Waals surface area contributed by atoms with Gasteiger partial charge in [-0.2, -0.15) is 0 Å². The molecule has 0 aliphatic heterocycles. The van der Waals surface area contributed by atoms with E-state index in [4.69, 9.17) is 0 Å². The number of hydrogen-bond acceptors (Lipinski definition) is 4. The van der Waals surface area contributed by atoms with Crippen molar-refractivity contribution < 1.29 is 0 Å². The summed E-state index contributed by atoms with van der Waals surface area (Å²) >= 11 is 1.66. The maximum Gasteiger partial charge on any atom is 0.144 e. The van der Waals surface area contributed by atoms with Gasteiger partial charge in [0.05, 0.1) is 0 Å². The van der Waals surface area contributed by atoms with E-state index in [1.54, 1.807) is 11.3 Å². The Labute approximate surface area is 122 Å². The quantitative estimate of drug-likeness (QED) is 0.728. The number of anilines is 1. The highest BCUT2D eigenvalue weighted by molar-refractivity contribution is 7.21. The number of thiazole rings is 1. The van der Waals surface area contributed by atoms with Gasteiger partial charge in [0.25, 0.3) is 0 Å². The smallest absolute Gasteiger partial charge is 0.144 e. The molecule has 3 aromatic rings. The van der Waals surface area contributed by atoms with E-state index in [9.17, 15) is 0 Å². The highest BCUT2D eigenvalue weighted by Crippen LogP contribution is 2.30. The number of pyridine rings is 1. The highest BCUT2D eigenvalue weighted by atomic mass is 32.1. The van der Waals surface area contributed by atoms with Gasteiger partial charge in [0.1, 0.15) is 15.4 Å². The molecule has 0 spiro atoms. The fourth-order valence-corrected chi connectivity index (χ4v) is 3.04. The molecule has 3 rings (SSSR count). The van der Waals surface area contributed by atoms with Crippen molar-refractivity contribution in [2.24, 2.45) is 0 Å². The molecule has 0 bridgehead atoms. The van der Waals surface area contributed by atoms with Crippen LogP contribution in [0, 0.1) is 0 Å².